The van der Waals surface area contributed by atoms with Gasteiger partial charge in [0.2, 0.25) is 17.4 Å². The van der Waals surface area contributed by atoms with Gasteiger partial charge in [0.25, 0.3) is 5.91 Å². The van der Waals surface area contributed by atoms with Crippen molar-refractivity contribution in [2.45, 2.75) is 55.6 Å². The van der Waals surface area contributed by atoms with Gasteiger partial charge in [0, 0.05) is 30.4 Å². The second-order valence-corrected chi connectivity index (χ2v) is 13.2. The average molecular weight is 711 g/mol. The summed E-state index contributed by atoms with van der Waals surface area (Å²) < 4.78 is 12.4. The van der Waals surface area contributed by atoms with Gasteiger partial charge in [-0.05, 0) is 42.9 Å². The summed E-state index contributed by atoms with van der Waals surface area (Å²) in [5.74, 6) is -1.45. The first-order valence-electron chi connectivity index (χ1n) is 13.2. The lowest BCUT2D eigenvalue weighted by atomic mass is 10.0. The van der Waals surface area contributed by atoms with Crippen molar-refractivity contribution in [2.75, 3.05) is 37.9 Å². The molecule has 242 valence electrons. The molecular weight excluding hydrogens is 677 g/mol. The number of fused-ring (bicyclic) bond motifs is 1. The molecule has 2 amide bonds. The van der Waals surface area contributed by atoms with Crippen LogP contribution in [0.5, 0.6) is 0 Å². The number of nitrogens with one attached hydrogen (secondary N) is 1. The highest BCUT2D eigenvalue weighted by atomic mass is 35.5. The van der Waals surface area contributed by atoms with E-state index < -0.39 is 35.6 Å². The average Bonchev–Trinajstić information content (AvgIpc) is 3.58. The topological polar surface area (TPSA) is 188 Å². The Morgan fingerprint density at radius 1 is 1.25 bits per heavy atom. The number of likely N-dealkylation sites (N-methyl/N-ethyl adjacent to an activating group) is 1. The van der Waals surface area contributed by atoms with Crippen molar-refractivity contribution < 1.29 is 28.7 Å². The fourth-order valence-corrected chi connectivity index (χ4v) is 7.22. The first kappa shape index (κ1) is 35.8. The zero-order valence-electron chi connectivity index (χ0n) is 24.0. The van der Waals surface area contributed by atoms with Crippen LogP contribution in [0.4, 0.5) is 5.13 Å². The second kappa shape index (κ2) is 15.6. The molecule has 3 aliphatic rings. The molecule has 0 radical (unpaired) electrons. The maximum Gasteiger partial charge on any atom is 0.358 e. The zero-order chi connectivity index (χ0) is 30.0. The van der Waals surface area contributed by atoms with Crippen molar-refractivity contribution in [3.05, 3.63) is 22.3 Å². The van der Waals surface area contributed by atoms with Gasteiger partial charge in [-0.3, -0.25) is 19.3 Å². The normalized spacial score (nSPS) is 19.7. The van der Waals surface area contributed by atoms with Crippen molar-refractivity contribution in [3.8, 4) is 0 Å². The Bertz CT molecular complexity index is 1400. The van der Waals surface area contributed by atoms with Gasteiger partial charge in [-0.2, -0.15) is 0 Å². The number of thioether (sulfide) groups is 2. The molecule has 0 aromatic carbocycles. The Labute approximate surface area is 278 Å². The van der Waals surface area contributed by atoms with Gasteiger partial charge >= 0.3 is 11.9 Å². The number of esters is 2. The van der Waals surface area contributed by atoms with Crippen LogP contribution in [-0.2, 0) is 41.6 Å². The highest BCUT2D eigenvalue weighted by Gasteiger charge is 2.54. The molecule has 15 nitrogen and oxygen atoms in total. The van der Waals surface area contributed by atoms with Crippen LogP contribution in [-0.4, -0.2) is 109 Å². The quantitative estimate of drug-likeness (QED) is 0.129. The van der Waals surface area contributed by atoms with E-state index in [4.69, 9.17) is 15.2 Å². The van der Waals surface area contributed by atoms with E-state index >= 15 is 0 Å². The lowest BCUT2D eigenvalue weighted by Crippen LogP contribution is -2.70. The van der Waals surface area contributed by atoms with Crippen LogP contribution in [0.1, 0.15) is 25.5 Å². The third-order valence-electron chi connectivity index (χ3n) is 6.57. The Morgan fingerprint density at radius 2 is 2.00 bits per heavy atom. The highest BCUT2D eigenvalue weighted by Crippen LogP contribution is 2.42. The van der Waals surface area contributed by atoms with E-state index in [9.17, 15) is 19.2 Å². The number of carbonyl (C=O) groups excluding carboxylic acids is 4. The lowest BCUT2D eigenvalue weighted by Gasteiger charge is -2.49. The molecular formula is C24H33Cl2N9O6S3. The summed E-state index contributed by atoms with van der Waals surface area (Å²) >= 11 is 4.00. The number of nitrogen functional groups attached to an aromatic ring is 1. The summed E-state index contributed by atoms with van der Waals surface area (Å²) in [4.78, 5) is 59.0. The van der Waals surface area contributed by atoms with Crippen LogP contribution >= 0.6 is 59.7 Å². The highest BCUT2D eigenvalue weighted by molar-refractivity contribution is 8.01. The molecule has 0 bridgehead atoms. The van der Waals surface area contributed by atoms with Gasteiger partial charge in [-0.15, -0.1) is 53.0 Å². The molecule has 1 saturated carbocycles. The Morgan fingerprint density at radius 3 is 2.66 bits per heavy atom. The SMILES string of the molecule is CC(OC(=O)C1=C(CSc2nnnn2CCN(C)C)CS[C@H]2[C@H](NC(=O)Cc3csc(N)n3)C(=O)N12)OC(=O)C1CC1.Cl.Cl. The number of aromatic nitrogens is 5. The number of halogens is 2. The maximum absolute atomic E-state index is 13.5. The first-order valence-corrected chi connectivity index (χ1v) is 16.1. The molecule has 2 aromatic heterocycles. The number of anilines is 1. The summed E-state index contributed by atoms with van der Waals surface area (Å²) in [6, 6.07) is -0.820. The number of nitrogens with zero attached hydrogens (tertiary/aromatic N) is 7. The Kier molecular flexibility index (Phi) is 12.7. The number of carbonyl (C=O) groups is 4. The van der Waals surface area contributed by atoms with Gasteiger partial charge in [-0.1, -0.05) is 11.8 Å². The maximum atomic E-state index is 13.5. The second-order valence-electron chi connectivity index (χ2n) is 10.2. The van der Waals surface area contributed by atoms with Gasteiger partial charge in [0.1, 0.15) is 17.1 Å². The number of nitrogens with two attached hydrogens (primary N) is 1. The van der Waals surface area contributed by atoms with Crippen molar-refractivity contribution in [3.63, 3.8) is 0 Å². The van der Waals surface area contributed by atoms with Gasteiger partial charge in [-0.25, -0.2) is 14.5 Å². The predicted molar refractivity (Wildman–Crippen MR) is 168 cm³/mol. The third kappa shape index (κ3) is 8.54. The number of thiazole rings is 1. The first-order chi connectivity index (χ1) is 20.1. The molecule has 2 fully saturated rings. The number of rotatable bonds is 13. The van der Waals surface area contributed by atoms with Crippen molar-refractivity contribution in [1.82, 2.24) is 40.3 Å². The summed E-state index contributed by atoms with van der Waals surface area (Å²) in [6.45, 7) is 2.78. The molecule has 20 heteroatoms. The summed E-state index contributed by atoms with van der Waals surface area (Å²) in [5, 5.41) is 16.8. The number of tetrazole rings is 1. The van der Waals surface area contributed by atoms with E-state index in [-0.39, 0.29) is 48.8 Å². The van der Waals surface area contributed by atoms with E-state index in [1.165, 1.54) is 46.7 Å². The van der Waals surface area contributed by atoms with Crippen LogP contribution < -0.4 is 11.1 Å². The molecule has 44 heavy (non-hydrogen) atoms. The van der Waals surface area contributed by atoms with Gasteiger partial charge in [0.05, 0.1) is 24.6 Å². The molecule has 2 aromatic rings. The molecule has 4 heterocycles. The summed E-state index contributed by atoms with van der Waals surface area (Å²) in [7, 11) is 3.90. The molecule has 3 N–H and O–H groups in total. The number of hydrogen-bond donors (Lipinski definition) is 2. The van der Waals surface area contributed by atoms with Crippen molar-refractivity contribution in [1.29, 1.82) is 0 Å². The zero-order valence-corrected chi connectivity index (χ0v) is 28.1. The van der Waals surface area contributed by atoms with Crippen LogP contribution in [0.2, 0.25) is 0 Å². The Hall–Kier alpha value is -2.64. The number of amides is 2. The fourth-order valence-electron chi connectivity index (χ4n) is 4.27. The molecule has 5 rings (SSSR count). The van der Waals surface area contributed by atoms with Crippen molar-refractivity contribution in [2.24, 2.45) is 5.92 Å². The summed E-state index contributed by atoms with van der Waals surface area (Å²) in [5.41, 5.74) is 6.89. The third-order valence-corrected chi connectivity index (χ3v) is 9.67. The minimum atomic E-state index is -1.13. The largest absolute Gasteiger partial charge is 0.425 e. The Balaban J connectivity index is 0.00000264. The standard InChI is InChI=1S/C24H31N9O6S3.2ClH/c1-12(38-21(36)13-4-5-13)39-22(37)18-14(10-42-24-28-29-30-32(24)7-6-31(2)3)9-40-20-17(19(35)33(18)20)27-16(34)8-15-11-41-23(25)26-15;;/h11-13,17,20H,4-10H2,1-3H3,(H2,25,26)(H,27,34);2*1H/t12?,17-,20+;;/m1../s1. The molecule has 3 atom stereocenters. The van der Waals surface area contributed by atoms with E-state index in [1.807, 2.05) is 19.0 Å². The minimum Gasteiger partial charge on any atom is -0.425 e. The molecule has 1 unspecified atom stereocenters. The van der Waals surface area contributed by atoms with E-state index in [0.29, 0.717) is 39.6 Å². The lowest BCUT2D eigenvalue weighted by molar-refractivity contribution is -0.185. The van der Waals surface area contributed by atoms with Gasteiger partial charge in [0.15, 0.2) is 5.13 Å². The molecule has 2 aliphatic heterocycles. The van der Waals surface area contributed by atoms with E-state index in [2.05, 4.69) is 25.8 Å². The fraction of sp³-hybridized carbons (Fsp3) is 0.583. The van der Waals surface area contributed by atoms with Crippen LogP contribution in [0.3, 0.4) is 0 Å². The van der Waals surface area contributed by atoms with Crippen LogP contribution in [0.15, 0.2) is 21.8 Å². The van der Waals surface area contributed by atoms with Crippen LogP contribution in [0, 0.1) is 5.92 Å². The number of hydrogen-bond acceptors (Lipinski definition) is 15. The van der Waals surface area contributed by atoms with Gasteiger partial charge < -0.3 is 25.4 Å². The number of ether oxygens (including phenoxy) is 2. The molecule has 1 saturated heterocycles. The monoisotopic (exact) mass is 709 g/mol. The summed E-state index contributed by atoms with van der Waals surface area (Å²) in [6.07, 6.45) is 0.359. The predicted octanol–water partition coefficient (Wildman–Crippen LogP) is 0.948. The van der Waals surface area contributed by atoms with E-state index in [1.54, 1.807) is 10.1 Å². The van der Waals surface area contributed by atoms with Crippen LogP contribution in [0.25, 0.3) is 0 Å². The van der Waals surface area contributed by atoms with E-state index in [0.717, 1.165) is 19.4 Å². The number of β-lactam (4-membered cyclic amide) rings is 1. The molecule has 0 spiro atoms. The van der Waals surface area contributed by atoms with Crippen molar-refractivity contribution >= 4 is 88.6 Å². The minimum absolute atomic E-state index is 0. The smallest absolute Gasteiger partial charge is 0.358 e. The molecule has 1 aliphatic carbocycles.